The molecule has 0 saturated carbocycles. The smallest absolute Gasteiger partial charge is 0.319 e. The maximum atomic E-state index is 11.8. The first-order valence-corrected chi connectivity index (χ1v) is 7.19. The number of hydrogen-bond donors (Lipinski definition) is 0. The molecular weight excluding hydrogens is 284 g/mol. The lowest BCUT2D eigenvalue weighted by molar-refractivity contribution is -0.142. The highest BCUT2D eigenvalue weighted by Gasteiger charge is 2.23. The van der Waals surface area contributed by atoms with Gasteiger partial charge in [0.25, 0.3) is 0 Å². The quantitative estimate of drug-likeness (QED) is 0.375. The predicted molar refractivity (Wildman–Crippen MR) is 72.2 cm³/mol. The number of esters is 1. The van der Waals surface area contributed by atoms with Crippen LogP contribution in [0.15, 0.2) is 5.16 Å². The van der Waals surface area contributed by atoms with E-state index >= 15 is 0 Å². The molecule has 0 aliphatic carbocycles. The summed E-state index contributed by atoms with van der Waals surface area (Å²) in [6.07, 6.45) is 0.189. The van der Waals surface area contributed by atoms with Crippen LogP contribution in [0.1, 0.15) is 20.3 Å². The molecule has 0 aliphatic heterocycles. The lowest BCUT2D eigenvalue weighted by Gasteiger charge is -2.15. The van der Waals surface area contributed by atoms with Gasteiger partial charge < -0.3 is 14.2 Å². The van der Waals surface area contributed by atoms with Crippen LogP contribution < -0.4 is 0 Å². The fourth-order valence-corrected chi connectivity index (χ4v) is 2.34. The van der Waals surface area contributed by atoms with Crippen LogP contribution in [-0.4, -0.2) is 58.5 Å². The second-order valence-electron chi connectivity index (χ2n) is 3.81. The summed E-state index contributed by atoms with van der Waals surface area (Å²) in [4.78, 5) is 11.8. The maximum absolute atomic E-state index is 11.8. The fourth-order valence-electron chi connectivity index (χ4n) is 1.44. The second kappa shape index (κ2) is 8.88. The summed E-state index contributed by atoms with van der Waals surface area (Å²) in [5, 5.41) is 11.6. The molecule has 0 amide bonds. The highest BCUT2D eigenvalue weighted by molar-refractivity contribution is 8.00. The summed E-state index contributed by atoms with van der Waals surface area (Å²) < 4.78 is 16.8. The molecule has 1 unspecified atom stereocenters. The van der Waals surface area contributed by atoms with E-state index in [0.717, 1.165) is 0 Å². The first-order valence-electron chi connectivity index (χ1n) is 6.31. The number of ether oxygens (including phenoxy) is 3. The molecule has 0 radical (unpaired) electrons. The highest BCUT2D eigenvalue weighted by Crippen LogP contribution is 2.24. The normalized spacial score (nSPS) is 12.7. The van der Waals surface area contributed by atoms with Crippen LogP contribution in [0.4, 0.5) is 0 Å². The van der Waals surface area contributed by atoms with E-state index in [1.54, 1.807) is 25.8 Å². The van der Waals surface area contributed by atoms with E-state index in [1.165, 1.54) is 11.8 Å². The van der Waals surface area contributed by atoms with Crippen molar-refractivity contribution in [2.45, 2.75) is 43.5 Å². The van der Waals surface area contributed by atoms with Crippen molar-refractivity contribution in [2.24, 2.45) is 0 Å². The average Bonchev–Trinajstić information content (AvgIpc) is 2.89. The van der Waals surface area contributed by atoms with E-state index in [-0.39, 0.29) is 11.2 Å². The molecule has 0 N–H and O–H groups in total. The molecule has 0 saturated heterocycles. The van der Waals surface area contributed by atoms with Gasteiger partial charge in [-0.05, 0) is 23.8 Å². The Balaban J connectivity index is 2.72. The zero-order chi connectivity index (χ0) is 15.0. The van der Waals surface area contributed by atoms with Crippen LogP contribution >= 0.6 is 11.8 Å². The summed E-state index contributed by atoms with van der Waals surface area (Å²) in [6.45, 7) is 4.40. The Hall–Kier alpha value is -1.19. The lowest BCUT2D eigenvalue weighted by Crippen LogP contribution is -2.23. The summed E-state index contributed by atoms with van der Waals surface area (Å²) in [5.74, 6) is -0.260. The van der Waals surface area contributed by atoms with E-state index in [2.05, 4.69) is 15.5 Å². The molecule has 20 heavy (non-hydrogen) atoms. The molecule has 0 spiro atoms. The van der Waals surface area contributed by atoms with Gasteiger partial charge in [0.1, 0.15) is 5.25 Å². The molecule has 1 rings (SSSR count). The van der Waals surface area contributed by atoms with Crippen LogP contribution in [0.25, 0.3) is 0 Å². The lowest BCUT2D eigenvalue weighted by atomic mass is 10.3. The number of tetrazole rings is 1. The largest absolute Gasteiger partial charge is 0.465 e. The van der Waals surface area contributed by atoms with Gasteiger partial charge in [0.05, 0.1) is 13.2 Å². The number of hydrogen-bond acceptors (Lipinski definition) is 8. The molecular formula is C11H20N4O4S. The Labute approximate surface area is 122 Å². The minimum Gasteiger partial charge on any atom is -0.465 e. The summed E-state index contributed by atoms with van der Waals surface area (Å²) in [6, 6.07) is 0. The molecule has 1 aromatic heterocycles. The molecule has 1 atom stereocenters. The van der Waals surface area contributed by atoms with Gasteiger partial charge in [-0.3, -0.25) is 4.79 Å². The van der Waals surface area contributed by atoms with Crippen molar-refractivity contribution in [3.05, 3.63) is 0 Å². The molecule has 0 bridgehead atoms. The van der Waals surface area contributed by atoms with Gasteiger partial charge in [0.2, 0.25) is 5.16 Å². The Bertz CT molecular complexity index is 411. The van der Waals surface area contributed by atoms with Crippen molar-refractivity contribution >= 4 is 17.7 Å². The van der Waals surface area contributed by atoms with Gasteiger partial charge >= 0.3 is 5.97 Å². The van der Waals surface area contributed by atoms with Crippen molar-refractivity contribution < 1.29 is 19.0 Å². The molecule has 0 fully saturated rings. The van der Waals surface area contributed by atoms with Crippen molar-refractivity contribution in [1.82, 2.24) is 20.2 Å². The van der Waals surface area contributed by atoms with E-state index < -0.39 is 6.29 Å². The summed E-state index contributed by atoms with van der Waals surface area (Å²) in [5.41, 5.74) is 0. The third-order valence-corrected chi connectivity index (χ3v) is 3.83. The van der Waals surface area contributed by atoms with Gasteiger partial charge in [-0.1, -0.05) is 18.7 Å². The topological polar surface area (TPSA) is 88.4 Å². The fraction of sp³-hybridized carbons (Fsp3) is 0.818. The molecule has 8 nitrogen and oxygen atoms in total. The number of carbonyl (C=O) groups excluding carboxylic acids is 1. The number of aromatic nitrogens is 4. The monoisotopic (exact) mass is 304 g/mol. The van der Waals surface area contributed by atoms with Gasteiger partial charge in [-0.15, -0.1) is 5.10 Å². The van der Waals surface area contributed by atoms with E-state index in [4.69, 9.17) is 14.2 Å². The zero-order valence-electron chi connectivity index (χ0n) is 12.1. The van der Waals surface area contributed by atoms with Gasteiger partial charge in [-0.25, -0.2) is 4.68 Å². The third-order valence-electron chi connectivity index (χ3n) is 2.51. The van der Waals surface area contributed by atoms with Crippen LogP contribution in [0.2, 0.25) is 0 Å². The minimum atomic E-state index is -0.444. The second-order valence-corrected chi connectivity index (χ2v) is 4.98. The summed E-state index contributed by atoms with van der Waals surface area (Å²) in [7, 11) is 3.08. The SMILES string of the molecule is CCOC(=O)C(CC)Sc1nnnn1CC(OC)OC. The standard InChI is InChI=1S/C11H20N4O4S/c1-5-8(10(16)19-6-2)20-11-12-13-14-15(11)7-9(17-3)18-4/h8-9H,5-7H2,1-4H3. The molecule has 1 aromatic rings. The first-order chi connectivity index (χ1) is 9.65. The summed E-state index contributed by atoms with van der Waals surface area (Å²) >= 11 is 1.27. The van der Waals surface area contributed by atoms with Crippen molar-refractivity contribution in [3.8, 4) is 0 Å². The van der Waals surface area contributed by atoms with Crippen molar-refractivity contribution in [2.75, 3.05) is 20.8 Å². The Kier molecular flexibility index (Phi) is 7.48. The first kappa shape index (κ1) is 16.9. The third kappa shape index (κ3) is 4.73. The number of methoxy groups -OCH3 is 2. The van der Waals surface area contributed by atoms with Crippen LogP contribution in [-0.2, 0) is 25.5 Å². The number of rotatable bonds is 9. The van der Waals surface area contributed by atoms with Gasteiger partial charge in [0, 0.05) is 14.2 Å². The van der Waals surface area contributed by atoms with E-state index in [9.17, 15) is 4.79 Å². The average molecular weight is 304 g/mol. The zero-order valence-corrected chi connectivity index (χ0v) is 12.9. The predicted octanol–water partition coefficient (Wildman–Crippen LogP) is 0.726. The Morgan fingerprint density at radius 3 is 2.60 bits per heavy atom. The van der Waals surface area contributed by atoms with Crippen LogP contribution in [0.3, 0.4) is 0 Å². The molecule has 1 heterocycles. The molecule has 9 heteroatoms. The van der Waals surface area contributed by atoms with Crippen molar-refractivity contribution in [1.29, 1.82) is 0 Å². The maximum Gasteiger partial charge on any atom is 0.319 e. The van der Waals surface area contributed by atoms with E-state index in [1.807, 2.05) is 6.92 Å². The highest BCUT2D eigenvalue weighted by atomic mass is 32.2. The van der Waals surface area contributed by atoms with Crippen LogP contribution in [0, 0.1) is 0 Å². The minimum absolute atomic E-state index is 0.260. The van der Waals surface area contributed by atoms with Gasteiger partial charge in [-0.2, -0.15) is 0 Å². The number of nitrogens with zero attached hydrogens (tertiary/aromatic N) is 4. The molecule has 0 aliphatic rings. The van der Waals surface area contributed by atoms with Gasteiger partial charge in [0.15, 0.2) is 6.29 Å². The number of thioether (sulfide) groups is 1. The van der Waals surface area contributed by atoms with Crippen LogP contribution in [0.5, 0.6) is 0 Å². The molecule has 114 valence electrons. The Morgan fingerprint density at radius 1 is 1.35 bits per heavy atom. The number of carbonyl (C=O) groups is 1. The van der Waals surface area contributed by atoms with Crippen molar-refractivity contribution in [3.63, 3.8) is 0 Å². The van der Waals surface area contributed by atoms with E-state index in [0.29, 0.717) is 24.7 Å². The Morgan fingerprint density at radius 2 is 2.05 bits per heavy atom. The molecule has 0 aromatic carbocycles.